The summed E-state index contributed by atoms with van der Waals surface area (Å²) in [5, 5.41) is 0. The summed E-state index contributed by atoms with van der Waals surface area (Å²) < 4.78 is 45.7. The molecular weight excluding hydrogens is 846 g/mol. The molecule has 0 saturated heterocycles. The van der Waals surface area contributed by atoms with E-state index in [9.17, 15) is 2.74 Å². The molecule has 2 heterocycles. The number of aryl methyl sites for hydroxylation is 1. The van der Waals surface area contributed by atoms with Crippen molar-refractivity contribution < 1.29 is 6.85 Å². The number of hydrogen-bond donors (Lipinski definition) is 0. The minimum atomic E-state index is -0.434. The number of anilines is 9. The maximum atomic E-state index is 9.53. The zero-order valence-corrected chi connectivity index (χ0v) is 41.6. The normalized spacial score (nSPS) is 15.1. The van der Waals surface area contributed by atoms with Crippen LogP contribution in [0.2, 0.25) is 0 Å². The number of hydrogen-bond acceptors (Lipinski definition) is 3. The van der Waals surface area contributed by atoms with Crippen LogP contribution in [-0.4, -0.2) is 6.71 Å². The summed E-state index contributed by atoms with van der Waals surface area (Å²) in [4.78, 5) is 6.79. The van der Waals surface area contributed by atoms with E-state index in [2.05, 4.69) is 187 Å². The molecule has 12 rings (SSSR count). The van der Waals surface area contributed by atoms with E-state index in [1.807, 2.05) is 59.5 Å². The van der Waals surface area contributed by atoms with Crippen molar-refractivity contribution in [3.63, 3.8) is 0 Å². The first-order valence-electron chi connectivity index (χ1n) is 27.1. The van der Waals surface area contributed by atoms with Gasteiger partial charge in [0.2, 0.25) is 0 Å². The number of nitrogens with zero attached hydrogens (tertiary/aromatic N) is 3. The lowest BCUT2D eigenvalue weighted by Gasteiger charge is -2.45. The van der Waals surface area contributed by atoms with E-state index in [1.165, 1.54) is 44.3 Å². The predicted octanol–water partition coefficient (Wildman–Crippen LogP) is 16.1. The van der Waals surface area contributed by atoms with Gasteiger partial charge in [-0.15, -0.1) is 0 Å². The van der Waals surface area contributed by atoms with Crippen LogP contribution >= 0.6 is 0 Å². The van der Waals surface area contributed by atoms with Crippen LogP contribution in [0, 0.1) is 6.92 Å². The quantitative estimate of drug-likeness (QED) is 0.154. The SMILES string of the molecule is [2H]c1c([2H])c([2H])c(N(c2ccc3c(c2)N(c2ccc4c(c2)C(C)(C)c2ccccc2-4)c2cc(C)cc4c2B3c2cc(C(C)(C)C)ccc2N4c2ccc(C(C)(C)C)cc2)c2ccccc2-c2ccccc2)c([2H])c1[2H]. The summed E-state index contributed by atoms with van der Waals surface area (Å²) in [5.41, 5.74) is 21.3. The van der Waals surface area contributed by atoms with Crippen LogP contribution in [-0.2, 0) is 16.2 Å². The van der Waals surface area contributed by atoms with Crippen LogP contribution in [0.3, 0.4) is 0 Å². The van der Waals surface area contributed by atoms with Gasteiger partial charge < -0.3 is 14.7 Å². The van der Waals surface area contributed by atoms with Crippen molar-refractivity contribution in [3.8, 4) is 22.3 Å². The molecule has 0 saturated carbocycles. The molecule has 0 spiro atoms. The second kappa shape index (κ2) is 16.0. The Morgan fingerprint density at radius 3 is 1.81 bits per heavy atom. The zero-order chi connectivity index (χ0) is 52.6. The van der Waals surface area contributed by atoms with Crippen molar-refractivity contribution in [2.75, 3.05) is 14.7 Å². The Morgan fingerprint density at radius 2 is 1.10 bits per heavy atom. The minimum absolute atomic E-state index is 0.00978. The van der Waals surface area contributed by atoms with E-state index in [0.717, 1.165) is 56.3 Å². The molecule has 9 aromatic carbocycles. The fourth-order valence-electron chi connectivity index (χ4n) is 11.5. The molecule has 9 aromatic rings. The molecule has 3 nitrogen and oxygen atoms in total. The maximum Gasteiger partial charge on any atom is 0.252 e. The minimum Gasteiger partial charge on any atom is -0.311 e. The molecule has 4 heteroatoms. The highest BCUT2D eigenvalue weighted by Gasteiger charge is 2.45. The van der Waals surface area contributed by atoms with Gasteiger partial charge in [-0.25, -0.2) is 0 Å². The first-order chi connectivity index (χ1) is 35.7. The van der Waals surface area contributed by atoms with Gasteiger partial charge in [0.1, 0.15) is 0 Å². The summed E-state index contributed by atoms with van der Waals surface area (Å²) in [5.74, 6) is 0. The van der Waals surface area contributed by atoms with Gasteiger partial charge in [-0.05, 0) is 151 Å². The van der Waals surface area contributed by atoms with E-state index >= 15 is 0 Å². The first kappa shape index (κ1) is 38.3. The summed E-state index contributed by atoms with van der Waals surface area (Å²) in [7, 11) is 0. The smallest absolute Gasteiger partial charge is 0.252 e. The first-order valence-corrected chi connectivity index (χ1v) is 24.6. The second-order valence-electron chi connectivity index (χ2n) is 22.0. The Bertz CT molecular complexity index is 3790. The summed E-state index contributed by atoms with van der Waals surface area (Å²) in [6.07, 6.45) is 0. The van der Waals surface area contributed by atoms with Gasteiger partial charge in [-0.1, -0.05) is 183 Å². The fourth-order valence-corrected chi connectivity index (χ4v) is 11.5. The second-order valence-corrected chi connectivity index (χ2v) is 22.0. The van der Waals surface area contributed by atoms with Crippen molar-refractivity contribution in [1.82, 2.24) is 0 Å². The Balaban J connectivity index is 1.18. The monoisotopic (exact) mass is 911 g/mol. The fraction of sp³-hybridized carbons (Fsp3) is 0.182. The van der Waals surface area contributed by atoms with Gasteiger partial charge in [0, 0.05) is 56.5 Å². The third-order valence-corrected chi connectivity index (χ3v) is 15.1. The van der Waals surface area contributed by atoms with Gasteiger partial charge in [-0.3, -0.25) is 0 Å². The molecule has 0 unspecified atom stereocenters. The highest BCUT2D eigenvalue weighted by molar-refractivity contribution is 7.00. The van der Waals surface area contributed by atoms with Crippen molar-refractivity contribution in [1.29, 1.82) is 0 Å². The Hall–Kier alpha value is -7.56. The molecule has 0 N–H and O–H groups in total. The summed E-state index contributed by atoms with van der Waals surface area (Å²) in [6, 6.07) is 59.3. The average Bonchev–Trinajstić information content (AvgIpc) is 3.70. The predicted molar refractivity (Wildman–Crippen MR) is 300 cm³/mol. The van der Waals surface area contributed by atoms with E-state index in [0.29, 0.717) is 11.4 Å². The van der Waals surface area contributed by atoms with Crippen molar-refractivity contribution in [2.45, 2.75) is 78.6 Å². The number of para-hydroxylation sites is 2. The van der Waals surface area contributed by atoms with Gasteiger partial charge in [0.15, 0.2) is 0 Å². The molecule has 0 radical (unpaired) electrons. The van der Waals surface area contributed by atoms with Gasteiger partial charge in [0.05, 0.1) is 12.5 Å². The Labute approximate surface area is 422 Å². The molecule has 0 fully saturated rings. The van der Waals surface area contributed by atoms with Crippen LogP contribution in [0.5, 0.6) is 0 Å². The molecule has 0 amide bonds. The summed E-state index contributed by atoms with van der Waals surface area (Å²) >= 11 is 0. The van der Waals surface area contributed by atoms with Crippen molar-refractivity contribution >= 4 is 74.3 Å². The Kier molecular flexibility index (Phi) is 8.76. The summed E-state index contributed by atoms with van der Waals surface area (Å²) in [6.45, 7) is 20.3. The zero-order valence-electron chi connectivity index (χ0n) is 46.6. The van der Waals surface area contributed by atoms with E-state index in [4.69, 9.17) is 4.11 Å². The molecule has 0 atom stereocenters. The third kappa shape index (κ3) is 6.94. The molecule has 342 valence electrons. The van der Waals surface area contributed by atoms with Crippen LogP contribution in [0.1, 0.15) is 90.1 Å². The standard InChI is InChI=1S/C66H60BN3/c1-43-38-61-63-62(39-43)70(49-33-35-53-52-25-16-18-26-54(52)66(8,9)55(53)41-49)60-42-50(68(47-22-14-11-15-23-47)58-27-19-17-24-51(58)44-20-12-10-13-21-44)34-36-56(60)67(63)57-40-46(65(5,6)7)30-37-59(57)69(61)48-31-28-45(29-32-48)64(2,3)4/h10-42H,1-9H3/i11D,14D,15D,22D,23D. The van der Waals surface area contributed by atoms with Gasteiger partial charge >= 0.3 is 0 Å². The third-order valence-electron chi connectivity index (χ3n) is 15.1. The number of fused-ring (bicyclic) bond motifs is 7. The highest BCUT2D eigenvalue weighted by atomic mass is 15.2. The van der Waals surface area contributed by atoms with Crippen LogP contribution in [0.25, 0.3) is 22.3 Å². The van der Waals surface area contributed by atoms with E-state index in [-0.39, 0.29) is 40.7 Å². The molecule has 2 aliphatic heterocycles. The lowest BCUT2D eigenvalue weighted by atomic mass is 9.33. The van der Waals surface area contributed by atoms with Crippen molar-refractivity contribution in [2.24, 2.45) is 0 Å². The van der Waals surface area contributed by atoms with Crippen LogP contribution in [0.4, 0.5) is 51.2 Å². The molecule has 3 aliphatic rings. The molecule has 70 heavy (non-hydrogen) atoms. The Morgan fingerprint density at radius 1 is 0.486 bits per heavy atom. The highest BCUT2D eigenvalue weighted by Crippen LogP contribution is 2.53. The van der Waals surface area contributed by atoms with Gasteiger partial charge in [-0.2, -0.15) is 0 Å². The molecular formula is C66H60BN3. The number of rotatable bonds is 6. The van der Waals surface area contributed by atoms with Crippen LogP contribution < -0.4 is 31.1 Å². The largest absolute Gasteiger partial charge is 0.311 e. The average molecular weight is 911 g/mol. The van der Waals surface area contributed by atoms with Crippen molar-refractivity contribution in [3.05, 3.63) is 228 Å². The van der Waals surface area contributed by atoms with Gasteiger partial charge in [0.25, 0.3) is 6.71 Å². The molecule has 0 aromatic heterocycles. The molecule has 0 bridgehead atoms. The lowest BCUT2D eigenvalue weighted by Crippen LogP contribution is -2.61. The lowest BCUT2D eigenvalue weighted by molar-refractivity contribution is 0.590. The molecule has 1 aliphatic carbocycles. The van der Waals surface area contributed by atoms with Crippen LogP contribution in [0.15, 0.2) is 200 Å². The number of benzene rings is 9. The van der Waals surface area contributed by atoms with E-state index in [1.54, 1.807) is 0 Å². The maximum absolute atomic E-state index is 9.53. The van der Waals surface area contributed by atoms with E-state index < -0.39 is 18.1 Å². The topological polar surface area (TPSA) is 9.72 Å².